The standard InChI is InChI=1S/C25H25NO5S2/c1-30-20-12-11-16(13-21(20)31-17-7-5-6-8-17)19-14-23(27)26-24-22(15-32-25(19)24)33(28,29)18-9-3-2-4-10-18/h2-4,9-13,15,17,19H,5-8,14H2,1H3,(H,26,27)/t19-/m0/s1. The fourth-order valence-corrected chi connectivity index (χ4v) is 7.51. The van der Waals surface area contributed by atoms with Gasteiger partial charge in [0, 0.05) is 22.6 Å². The minimum atomic E-state index is -3.75. The Labute approximate surface area is 197 Å². The molecule has 1 N–H and O–H groups in total. The molecule has 0 spiro atoms. The van der Waals surface area contributed by atoms with Crippen molar-refractivity contribution < 1.29 is 22.7 Å². The molecule has 2 aliphatic rings. The Hall–Kier alpha value is -2.84. The van der Waals surface area contributed by atoms with Crippen LogP contribution in [0.2, 0.25) is 0 Å². The van der Waals surface area contributed by atoms with Crippen LogP contribution >= 0.6 is 11.3 Å². The number of benzene rings is 2. The predicted molar refractivity (Wildman–Crippen MR) is 127 cm³/mol. The highest BCUT2D eigenvalue weighted by Gasteiger charge is 2.35. The molecular formula is C25H25NO5S2. The van der Waals surface area contributed by atoms with E-state index in [2.05, 4.69) is 5.32 Å². The van der Waals surface area contributed by atoms with E-state index in [9.17, 15) is 13.2 Å². The number of fused-ring (bicyclic) bond motifs is 1. The number of methoxy groups -OCH3 is 1. The molecule has 8 heteroatoms. The molecule has 1 fully saturated rings. The largest absolute Gasteiger partial charge is 0.493 e. The smallest absolute Gasteiger partial charge is 0.225 e. The molecule has 33 heavy (non-hydrogen) atoms. The van der Waals surface area contributed by atoms with Crippen molar-refractivity contribution in [1.82, 2.24) is 0 Å². The van der Waals surface area contributed by atoms with Gasteiger partial charge in [0.2, 0.25) is 15.7 Å². The average Bonchev–Trinajstić information content (AvgIpc) is 3.49. The Bertz CT molecular complexity index is 1280. The lowest BCUT2D eigenvalue weighted by Gasteiger charge is -2.25. The molecule has 172 valence electrons. The van der Waals surface area contributed by atoms with Crippen molar-refractivity contribution in [3.63, 3.8) is 0 Å². The van der Waals surface area contributed by atoms with E-state index in [4.69, 9.17) is 9.47 Å². The Morgan fingerprint density at radius 3 is 2.52 bits per heavy atom. The van der Waals surface area contributed by atoms with Gasteiger partial charge in [-0.1, -0.05) is 24.3 Å². The maximum Gasteiger partial charge on any atom is 0.225 e. The van der Waals surface area contributed by atoms with Crippen molar-refractivity contribution in [2.75, 3.05) is 12.4 Å². The third-order valence-corrected chi connectivity index (χ3v) is 9.32. The van der Waals surface area contributed by atoms with Crippen LogP contribution in [-0.2, 0) is 14.6 Å². The van der Waals surface area contributed by atoms with Gasteiger partial charge in [0.15, 0.2) is 11.5 Å². The van der Waals surface area contributed by atoms with Crippen LogP contribution < -0.4 is 14.8 Å². The number of rotatable bonds is 6. The quantitative estimate of drug-likeness (QED) is 0.509. The highest BCUT2D eigenvalue weighted by Crippen LogP contribution is 2.47. The van der Waals surface area contributed by atoms with Gasteiger partial charge in [-0.3, -0.25) is 4.79 Å². The topological polar surface area (TPSA) is 81.7 Å². The van der Waals surface area contributed by atoms with E-state index in [-0.39, 0.29) is 34.1 Å². The molecule has 2 aromatic carbocycles. The number of carbonyl (C=O) groups excluding carboxylic acids is 1. The van der Waals surface area contributed by atoms with E-state index in [0.29, 0.717) is 17.2 Å². The molecule has 0 radical (unpaired) electrons. The van der Waals surface area contributed by atoms with E-state index in [1.54, 1.807) is 42.8 Å². The van der Waals surface area contributed by atoms with Gasteiger partial charge in [0.05, 0.1) is 23.8 Å². The Morgan fingerprint density at radius 1 is 1.03 bits per heavy atom. The molecule has 1 atom stereocenters. The summed E-state index contributed by atoms with van der Waals surface area (Å²) in [5, 5.41) is 4.45. The van der Waals surface area contributed by atoms with Gasteiger partial charge >= 0.3 is 0 Å². The normalized spacial score (nSPS) is 18.6. The number of hydrogen-bond donors (Lipinski definition) is 1. The highest BCUT2D eigenvalue weighted by atomic mass is 32.2. The van der Waals surface area contributed by atoms with Gasteiger partial charge in [-0.15, -0.1) is 11.3 Å². The molecule has 6 nitrogen and oxygen atoms in total. The number of anilines is 1. The summed E-state index contributed by atoms with van der Waals surface area (Å²) in [6, 6.07) is 14.0. The van der Waals surface area contributed by atoms with Crippen molar-refractivity contribution in [2.24, 2.45) is 0 Å². The number of ether oxygens (including phenoxy) is 2. The van der Waals surface area contributed by atoms with Gasteiger partial charge in [0.25, 0.3) is 0 Å². The molecule has 3 aromatic rings. The van der Waals surface area contributed by atoms with E-state index in [1.165, 1.54) is 11.3 Å². The maximum atomic E-state index is 13.3. The summed E-state index contributed by atoms with van der Waals surface area (Å²) in [6.07, 6.45) is 4.78. The minimum Gasteiger partial charge on any atom is -0.493 e. The molecule has 0 saturated heterocycles. The van der Waals surface area contributed by atoms with Crippen LogP contribution in [0.5, 0.6) is 11.5 Å². The van der Waals surface area contributed by atoms with Crippen molar-refractivity contribution in [3.05, 3.63) is 64.4 Å². The van der Waals surface area contributed by atoms with E-state index in [1.807, 2.05) is 18.2 Å². The first-order valence-corrected chi connectivity index (χ1v) is 13.4. The van der Waals surface area contributed by atoms with E-state index >= 15 is 0 Å². The number of sulfone groups is 1. The molecule has 1 aliphatic carbocycles. The SMILES string of the molecule is COc1ccc([C@@H]2CC(=O)Nc3c(S(=O)(=O)c4ccccc4)csc32)cc1OC1CCCC1. The Kier molecular flexibility index (Phi) is 5.88. The van der Waals surface area contributed by atoms with E-state index in [0.717, 1.165) is 36.1 Å². The summed E-state index contributed by atoms with van der Waals surface area (Å²) in [5.41, 5.74) is 1.30. The third kappa shape index (κ3) is 4.13. The van der Waals surface area contributed by atoms with Crippen molar-refractivity contribution in [2.45, 2.75) is 53.9 Å². The van der Waals surface area contributed by atoms with E-state index < -0.39 is 9.84 Å². The molecule has 1 saturated carbocycles. The van der Waals surface area contributed by atoms with Crippen LogP contribution in [0.1, 0.15) is 48.5 Å². The summed E-state index contributed by atoms with van der Waals surface area (Å²) in [7, 11) is -2.14. The maximum absolute atomic E-state index is 13.3. The summed E-state index contributed by atoms with van der Waals surface area (Å²) in [5.74, 6) is 0.868. The fraction of sp³-hybridized carbons (Fsp3) is 0.320. The first kappa shape index (κ1) is 22.0. The number of hydrogen-bond acceptors (Lipinski definition) is 6. The lowest BCUT2D eigenvalue weighted by molar-refractivity contribution is -0.116. The zero-order chi connectivity index (χ0) is 23.0. The van der Waals surface area contributed by atoms with Crippen molar-refractivity contribution in [3.8, 4) is 11.5 Å². The fourth-order valence-electron chi connectivity index (χ4n) is 4.59. The van der Waals surface area contributed by atoms with Crippen molar-refractivity contribution in [1.29, 1.82) is 0 Å². The Balaban J connectivity index is 1.54. The number of nitrogens with one attached hydrogen (secondary N) is 1. The highest BCUT2D eigenvalue weighted by molar-refractivity contribution is 7.91. The first-order valence-electron chi connectivity index (χ1n) is 11.0. The molecule has 1 aromatic heterocycles. The second-order valence-corrected chi connectivity index (χ2v) is 11.2. The predicted octanol–water partition coefficient (Wildman–Crippen LogP) is 5.39. The molecule has 0 unspecified atom stereocenters. The van der Waals surface area contributed by atoms with Gasteiger partial charge in [-0.25, -0.2) is 8.42 Å². The minimum absolute atomic E-state index is 0.141. The summed E-state index contributed by atoms with van der Waals surface area (Å²) in [6.45, 7) is 0. The zero-order valence-electron chi connectivity index (χ0n) is 18.2. The Morgan fingerprint density at radius 2 is 1.79 bits per heavy atom. The first-order chi connectivity index (χ1) is 16.0. The van der Waals surface area contributed by atoms with Crippen LogP contribution in [0, 0.1) is 0 Å². The van der Waals surface area contributed by atoms with Crippen LogP contribution in [-0.4, -0.2) is 27.5 Å². The molecule has 0 bridgehead atoms. The molecule has 1 amide bonds. The third-order valence-electron chi connectivity index (χ3n) is 6.29. The average molecular weight is 484 g/mol. The van der Waals surface area contributed by atoms with Crippen LogP contribution in [0.15, 0.2) is 63.7 Å². The second-order valence-electron chi connectivity index (χ2n) is 8.40. The van der Waals surface area contributed by atoms with Crippen LogP contribution in [0.3, 0.4) is 0 Å². The number of thiophene rings is 1. The van der Waals surface area contributed by atoms with Gasteiger partial charge in [-0.2, -0.15) is 0 Å². The van der Waals surface area contributed by atoms with Crippen LogP contribution in [0.4, 0.5) is 5.69 Å². The molecular weight excluding hydrogens is 458 g/mol. The number of amides is 1. The van der Waals surface area contributed by atoms with Gasteiger partial charge < -0.3 is 14.8 Å². The van der Waals surface area contributed by atoms with Gasteiger partial charge in [-0.05, 0) is 55.5 Å². The zero-order valence-corrected chi connectivity index (χ0v) is 19.9. The second kappa shape index (κ2) is 8.83. The summed E-state index contributed by atoms with van der Waals surface area (Å²) >= 11 is 1.36. The molecule has 1 aliphatic heterocycles. The molecule has 2 heterocycles. The lowest BCUT2D eigenvalue weighted by atomic mass is 9.90. The monoisotopic (exact) mass is 483 g/mol. The summed E-state index contributed by atoms with van der Waals surface area (Å²) in [4.78, 5) is 13.8. The lowest BCUT2D eigenvalue weighted by Crippen LogP contribution is -2.23. The summed E-state index contributed by atoms with van der Waals surface area (Å²) < 4.78 is 38.3. The number of carbonyl (C=O) groups is 1. The molecule has 5 rings (SSSR count). The van der Waals surface area contributed by atoms with Crippen molar-refractivity contribution >= 4 is 32.8 Å². The van der Waals surface area contributed by atoms with Crippen LogP contribution in [0.25, 0.3) is 0 Å². The van der Waals surface area contributed by atoms with Gasteiger partial charge in [0.1, 0.15) is 4.90 Å².